The molecule has 2 aliphatic rings. The highest BCUT2D eigenvalue weighted by molar-refractivity contribution is 6.04. The van der Waals surface area contributed by atoms with Crippen molar-refractivity contribution >= 4 is 17.7 Å². The fourth-order valence-electron chi connectivity index (χ4n) is 2.78. The van der Waals surface area contributed by atoms with Crippen LogP contribution >= 0.6 is 0 Å². The Hall–Kier alpha value is -3.17. The number of rotatable bonds is 4. The highest BCUT2D eigenvalue weighted by Crippen LogP contribution is 2.27. The molecule has 0 atom stereocenters. The maximum absolute atomic E-state index is 12.2. The molecule has 4 heterocycles. The first-order valence-corrected chi connectivity index (χ1v) is 7.84. The molecule has 0 aliphatic carbocycles. The molecule has 2 aliphatic heterocycles. The summed E-state index contributed by atoms with van der Waals surface area (Å²) in [5.41, 5.74) is 0. The lowest BCUT2D eigenvalue weighted by molar-refractivity contribution is -0.147. The number of amides is 3. The number of aromatic nitrogens is 4. The summed E-state index contributed by atoms with van der Waals surface area (Å²) in [6.07, 6.45) is 3.54. The monoisotopic (exact) mass is 342 g/mol. The topological polar surface area (TPSA) is 122 Å². The van der Waals surface area contributed by atoms with Crippen LogP contribution < -0.4 is 0 Å². The Kier molecular flexibility index (Phi) is 3.71. The van der Waals surface area contributed by atoms with Crippen LogP contribution in [-0.2, 0) is 14.4 Å². The fourth-order valence-corrected chi connectivity index (χ4v) is 2.78. The first kappa shape index (κ1) is 15.4. The van der Waals surface area contributed by atoms with E-state index in [9.17, 15) is 14.4 Å². The van der Waals surface area contributed by atoms with Gasteiger partial charge in [0, 0.05) is 38.3 Å². The van der Waals surface area contributed by atoms with E-state index in [-0.39, 0.29) is 43.0 Å². The number of imide groups is 1. The Morgan fingerprint density at radius 3 is 2.48 bits per heavy atom. The molecule has 0 N–H and O–H groups in total. The lowest BCUT2D eigenvalue weighted by Crippen LogP contribution is -2.52. The van der Waals surface area contributed by atoms with Crippen molar-refractivity contribution in [2.75, 3.05) is 19.6 Å². The lowest BCUT2D eigenvalue weighted by atomic mass is 10.00. The van der Waals surface area contributed by atoms with Gasteiger partial charge in [0.2, 0.25) is 35.3 Å². The van der Waals surface area contributed by atoms with Crippen molar-refractivity contribution in [1.82, 2.24) is 29.9 Å². The van der Waals surface area contributed by atoms with Crippen molar-refractivity contribution in [3.63, 3.8) is 0 Å². The molecule has 3 amide bonds. The summed E-state index contributed by atoms with van der Waals surface area (Å²) in [6.45, 7) is 0.621. The zero-order valence-electron chi connectivity index (χ0n) is 13.2. The molecule has 0 bridgehead atoms. The van der Waals surface area contributed by atoms with Gasteiger partial charge in [0.1, 0.15) is 6.54 Å². The zero-order chi connectivity index (χ0) is 17.4. The van der Waals surface area contributed by atoms with E-state index in [0.717, 1.165) is 4.90 Å². The Morgan fingerprint density at radius 1 is 1.12 bits per heavy atom. The Labute approximate surface area is 141 Å². The number of carbonyl (C=O) groups is 3. The molecule has 0 radical (unpaired) electrons. The van der Waals surface area contributed by atoms with Crippen molar-refractivity contribution in [2.45, 2.75) is 18.8 Å². The van der Waals surface area contributed by atoms with E-state index in [4.69, 9.17) is 4.52 Å². The van der Waals surface area contributed by atoms with Crippen LogP contribution in [0.5, 0.6) is 0 Å². The van der Waals surface area contributed by atoms with Crippen LogP contribution in [0.3, 0.4) is 0 Å². The van der Waals surface area contributed by atoms with Crippen LogP contribution in [0, 0.1) is 0 Å². The molecule has 128 valence electrons. The number of nitrogens with zero attached hydrogens (tertiary/aromatic N) is 6. The third kappa shape index (κ3) is 2.86. The van der Waals surface area contributed by atoms with E-state index in [1.807, 2.05) is 0 Å². The van der Waals surface area contributed by atoms with Crippen LogP contribution in [0.15, 0.2) is 23.0 Å². The molecule has 0 spiro atoms. The van der Waals surface area contributed by atoms with E-state index < -0.39 is 0 Å². The first-order valence-electron chi connectivity index (χ1n) is 7.84. The van der Waals surface area contributed by atoms with Gasteiger partial charge in [-0.25, -0.2) is 9.97 Å². The molecular formula is C15H14N6O4. The quantitative estimate of drug-likeness (QED) is 0.688. The normalized spacial score (nSPS) is 17.9. The van der Waals surface area contributed by atoms with E-state index in [0.29, 0.717) is 30.6 Å². The second kappa shape index (κ2) is 6.04. The van der Waals surface area contributed by atoms with Gasteiger partial charge >= 0.3 is 0 Å². The Balaban J connectivity index is 1.34. The summed E-state index contributed by atoms with van der Waals surface area (Å²) >= 11 is 0. The van der Waals surface area contributed by atoms with Gasteiger partial charge in [-0.15, -0.1) is 0 Å². The van der Waals surface area contributed by atoms with Crippen LogP contribution in [0.1, 0.15) is 24.7 Å². The number of likely N-dealkylation sites (tertiary alicyclic amines) is 2. The van der Waals surface area contributed by atoms with Crippen molar-refractivity contribution < 1.29 is 18.9 Å². The maximum Gasteiger partial charge on any atom is 0.242 e. The summed E-state index contributed by atoms with van der Waals surface area (Å²) in [6, 6.07) is 1.69. The molecule has 0 unspecified atom stereocenters. The molecule has 2 saturated heterocycles. The zero-order valence-corrected chi connectivity index (χ0v) is 13.2. The number of hydrogen-bond donors (Lipinski definition) is 0. The Bertz CT molecular complexity index is 814. The van der Waals surface area contributed by atoms with Gasteiger partial charge in [0.25, 0.3) is 0 Å². The van der Waals surface area contributed by atoms with Gasteiger partial charge < -0.3 is 9.42 Å². The Morgan fingerprint density at radius 2 is 1.80 bits per heavy atom. The van der Waals surface area contributed by atoms with Gasteiger partial charge in [-0.3, -0.25) is 19.3 Å². The molecule has 0 saturated carbocycles. The summed E-state index contributed by atoms with van der Waals surface area (Å²) in [7, 11) is 0. The van der Waals surface area contributed by atoms with Crippen LogP contribution in [0.4, 0.5) is 0 Å². The molecule has 2 aromatic heterocycles. The smallest absolute Gasteiger partial charge is 0.242 e. The second-order valence-corrected chi connectivity index (χ2v) is 5.90. The molecule has 4 rings (SSSR count). The van der Waals surface area contributed by atoms with Crippen molar-refractivity contribution in [3.05, 3.63) is 24.4 Å². The third-order valence-corrected chi connectivity index (χ3v) is 4.24. The van der Waals surface area contributed by atoms with Gasteiger partial charge in [0.15, 0.2) is 0 Å². The highest BCUT2D eigenvalue weighted by Gasteiger charge is 2.38. The second-order valence-electron chi connectivity index (χ2n) is 5.90. The van der Waals surface area contributed by atoms with Crippen LogP contribution in [-0.4, -0.2) is 67.3 Å². The minimum absolute atomic E-state index is 0.0705. The van der Waals surface area contributed by atoms with Crippen molar-refractivity contribution in [3.8, 4) is 11.6 Å². The largest absolute Gasteiger partial charge is 0.339 e. The van der Waals surface area contributed by atoms with E-state index in [1.165, 1.54) is 0 Å². The number of carbonyl (C=O) groups excluding carboxylic acids is 3. The highest BCUT2D eigenvalue weighted by atomic mass is 16.5. The molecule has 0 aromatic carbocycles. The summed E-state index contributed by atoms with van der Waals surface area (Å²) in [5.74, 6) is 0.175. The minimum atomic E-state index is -0.292. The van der Waals surface area contributed by atoms with E-state index >= 15 is 0 Å². The lowest BCUT2D eigenvalue weighted by Gasteiger charge is -2.37. The van der Waals surface area contributed by atoms with Gasteiger partial charge in [0.05, 0.1) is 5.92 Å². The van der Waals surface area contributed by atoms with Crippen molar-refractivity contribution in [1.29, 1.82) is 0 Å². The summed E-state index contributed by atoms with van der Waals surface area (Å²) in [5, 5.41) is 3.85. The molecule has 10 nitrogen and oxygen atoms in total. The summed E-state index contributed by atoms with van der Waals surface area (Å²) in [4.78, 5) is 50.2. The van der Waals surface area contributed by atoms with Crippen molar-refractivity contribution in [2.24, 2.45) is 0 Å². The first-order chi connectivity index (χ1) is 12.1. The predicted molar refractivity (Wildman–Crippen MR) is 80.6 cm³/mol. The van der Waals surface area contributed by atoms with Crippen LogP contribution in [0.25, 0.3) is 11.6 Å². The SMILES string of the molecule is O=C(CN1C(=O)CCC1=O)N1CC(c2nc(-c3ncccn3)no2)C1. The maximum atomic E-state index is 12.2. The van der Waals surface area contributed by atoms with Gasteiger partial charge in [-0.1, -0.05) is 5.16 Å². The molecule has 10 heteroatoms. The van der Waals surface area contributed by atoms with E-state index in [2.05, 4.69) is 20.1 Å². The predicted octanol–water partition coefficient (Wildman–Crippen LogP) is -0.399. The fraction of sp³-hybridized carbons (Fsp3) is 0.400. The molecular weight excluding hydrogens is 328 g/mol. The number of hydrogen-bond acceptors (Lipinski definition) is 8. The molecule has 2 aromatic rings. The summed E-state index contributed by atoms with van der Waals surface area (Å²) < 4.78 is 5.22. The average molecular weight is 342 g/mol. The van der Waals surface area contributed by atoms with Gasteiger partial charge in [-0.2, -0.15) is 4.98 Å². The van der Waals surface area contributed by atoms with Crippen LogP contribution in [0.2, 0.25) is 0 Å². The third-order valence-electron chi connectivity index (χ3n) is 4.24. The van der Waals surface area contributed by atoms with Gasteiger partial charge in [-0.05, 0) is 6.07 Å². The average Bonchev–Trinajstić information content (AvgIpc) is 3.17. The molecule has 2 fully saturated rings. The standard InChI is InChI=1S/C15H14N6O4/c22-10-2-3-11(23)21(10)8-12(24)20-6-9(7-20)15-18-14(19-25-15)13-16-4-1-5-17-13/h1,4-5,9H,2-3,6-8H2. The van der Waals surface area contributed by atoms with E-state index in [1.54, 1.807) is 23.4 Å². The minimum Gasteiger partial charge on any atom is -0.339 e. The molecule has 25 heavy (non-hydrogen) atoms.